The standard InChI is InChI=1S/C21H26N2O3S/c1-13-8-10-16(11-9-13)20-18(27-15(3)22-20)12-19(24)23(17-6-5-7-17)14(2)21(25)26-4/h8-11,14,17H,5-7,12H2,1-4H3. The fourth-order valence-corrected chi connectivity index (χ4v) is 4.39. The van der Waals surface area contributed by atoms with Crippen LogP contribution >= 0.6 is 11.3 Å². The summed E-state index contributed by atoms with van der Waals surface area (Å²) < 4.78 is 4.88. The number of thiazole rings is 1. The maximum Gasteiger partial charge on any atom is 0.328 e. The van der Waals surface area contributed by atoms with E-state index in [-0.39, 0.29) is 24.3 Å². The van der Waals surface area contributed by atoms with E-state index in [0.29, 0.717) is 0 Å². The van der Waals surface area contributed by atoms with Gasteiger partial charge >= 0.3 is 5.97 Å². The smallest absolute Gasteiger partial charge is 0.328 e. The third-order valence-corrected chi connectivity index (χ3v) is 6.13. The number of esters is 1. The first-order valence-corrected chi connectivity index (χ1v) is 10.1. The summed E-state index contributed by atoms with van der Waals surface area (Å²) >= 11 is 1.55. The normalized spacial score (nSPS) is 15.1. The van der Waals surface area contributed by atoms with Gasteiger partial charge in [0, 0.05) is 16.5 Å². The van der Waals surface area contributed by atoms with Crippen molar-refractivity contribution in [1.82, 2.24) is 9.88 Å². The lowest BCUT2D eigenvalue weighted by Crippen LogP contribution is -2.52. The van der Waals surface area contributed by atoms with Gasteiger partial charge in [0.2, 0.25) is 5.91 Å². The molecule has 5 nitrogen and oxygen atoms in total. The second kappa shape index (κ2) is 8.21. The summed E-state index contributed by atoms with van der Waals surface area (Å²) in [6.45, 7) is 5.75. The number of amides is 1. The Morgan fingerprint density at radius 2 is 1.93 bits per heavy atom. The molecule has 0 aliphatic heterocycles. The molecular weight excluding hydrogens is 360 g/mol. The molecule has 1 atom stereocenters. The highest BCUT2D eigenvalue weighted by atomic mass is 32.1. The average molecular weight is 387 g/mol. The number of nitrogens with zero attached hydrogens (tertiary/aromatic N) is 2. The largest absolute Gasteiger partial charge is 0.467 e. The van der Waals surface area contributed by atoms with Crippen LogP contribution in [0.15, 0.2) is 24.3 Å². The minimum absolute atomic E-state index is 0.0328. The van der Waals surface area contributed by atoms with Crippen molar-refractivity contribution < 1.29 is 14.3 Å². The number of carbonyl (C=O) groups is 2. The Morgan fingerprint density at radius 1 is 1.26 bits per heavy atom. The van der Waals surface area contributed by atoms with Crippen molar-refractivity contribution in [3.05, 3.63) is 39.7 Å². The maximum absolute atomic E-state index is 13.2. The van der Waals surface area contributed by atoms with Crippen molar-refractivity contribution in [2.24, 2.45) is 0 Å². The van der Waals surface area contributed by atoms with E-state index >= 15 is 0 Å². The lowest BCUT2D eigenvalue weighted by Gasteiger charge is -2.40. The van der Waals surface area contributed by atoms with Crippen LogP contribution in [0.1, 0.15) is 41.6 Å². The first kappa shape index (κ1) is 19.5. The molecule has 2 aromatic rings. The van der Waals surface area contributed by atoms with E-state index < -0.39 is 6.04 Å². The fourth-order valence-electron chi connectivity index (χ4n) is 3.44. The monoisotopic (exact) mass is 386 g/mol. The number of benzene rings is 1. The molecule has 1 aliphatic carbocycles. The van der Waals surface area contributed by atoms with E-state index in [4.69, 9.17) is 4.74 Å². The molecule has 1 unspecified atom stereocenters. The van der Waals surface area contributed by atoms with Gasteiger partial charge in [-0.15, -0.1) is 11.3 Å². The topological polar surface area (TPSA) is 59.5 Å². The van der Waals surface area contributed by atoms with Crippen molar-refractivity contribution in [2.75, 3.05) is 7.11 Å². The van der Waals surface area contributed by atoms with Gasteiger partial charge in [0.25, 0.3) is 0 Å². The summed E-state index contributed by atoms with van der Waals surface area (Å²) in [5.41, 5.74) is 3.07. The molecule has 1 heterocycles. The van der Waals surface area contributed by atoms with Gasteiger partial charge in [-0.2, -0.15) is 0 Å². The number of aromatic nitrogens is 1. The summed E-state index contributed by atoms with van der Waals surface area (Å²) in [6, 6.07) is 7.75. The van der Waals surface area contributed by atoms with E-state index in [1.54, 1.807) is 23.2 Å². The lowest BCUT2D eigenvalue weighted by atomic mass is 9.90. The summed E-state index contributed by atoms with van der Waals surface area (Å²) in [6.07, 6.45) is 3.24. The third-order valence-electron chi connectivity index (χ3n) is 5.16. The van der Waals surface area contributed by atoms with E-state index in [1.807, 2.05) is 26.0 Å². The fraction of sp³-hybridized carbons (Fsp3) is 0.476. The highest BCUT2D eigenvalue weighted by Crippen LogP contribution is 2.32. The zero-order valence-corrected chi connectivity index (χ0v) is 17.1. The maximum atomic E-state index is 13.2. The van der Waals surface area contributed by atoms with Crippen LogP contribution in [0, 0.1) is 13.8 Å². The summed E-state index contributed by atoms with van der Waals surface area (Å²) in [5, 5.41) is 0.935. The molecule has 27 heavy (non-hydrogen) atoms. The molecule has 1 aliphatic rings. The zero-order valence-electron chi connectivity index (χ0n) is 16.3. The van der Waals surface area contributed by atoms with Crippen LogP contribution in [0.3, 0.4) is 0 Å². The average Bonchev–Trinajstić information content (AvgIpc) is 2.97. The van der Waals surface area contributed by atoms with Gasteiger partial charge in [-0.1, -0.05) is 29.8 Å². The van der Waals surface area contributed by atoms with Gasteiger partial charge in [0.15, 0.2) is 0 Å². The van der Waals surface area contributed by atoms with Crippen LogP contribution in [0.5, 0.6) is 0 Å². The van der Waals surface area contributed by atoms with E-state index in [9.17, 15) is 9.59 Å². The van der Waals surface area contributed by atoms with Gasteiger partial charge in [-0.25, -0.2) is 9.78 Å². The Balaban J connectivity index is 1.85. The van der Waals surface area contributed by atoms with Crippen molar-refractivity contribution in [3.8, 4) is 11.3 Å². The number of methoxy groups -OCH3 is 1. The first-order chi connectivity index (χ1) is 12.9. The lowest BCUT2D eigenvalue weighted by molar-refractivity contribution is -0.155. The Labute approximate surface area is 164 Å². The van der Waals surface area contributed by atoms with Crippen LogP contribution in [0.2, 0.25) is 0 Å². The Hall–Kier alpha value is -2.21. The molecule has 144 valence electrons. The number of aryl methyl sites for hydroxylation is 2. The van der Waals surface area contributed by atoms with Crippen LogP contribution in [-0.2, 0) is 20.7 Å². The van der Waals surface area contributed by atoms with Gasteiger partial charge in [-0.3, -0.25) is 4.79 Å². The Morgan fingerprint density at radius 3 is 2.48 bits per heavy atom. The molecule has 3 rings (SSSR count). The molecule has 0 spiro atoms. The number of carbonyl (C=O) groups excluding carboxylic acids is 2. The molecule has 0 radical (unpaired) electrons. The van der Waals surface area contributed by atoms with E-state index in [2.05, 4.69) is 17.1 Å². The molecule has 1 amide bonds. The highest BCUT2D eigenvalue weighted by Gasteiger charge is 2.36. The summed E-state index contributed by atoms with van der Waals surface area (Å²) in [5.74, 6) is -0.399. The molecule has 1 aromatic carbocycles. The molecule has 6 heteroatoms. The van der Waals surface area contributed by atoms with Crippen LogP contribution in [0.25, 0.3) is 11.3 Å². The summed E-state index contributed by atoms with van der Waals surface area (Å²) in [4.78, 5) is 32.5. The van der Waals surface area contributed by atoms with Gasteiger partial charge in [0.1, 0.15) is 6.04 Å². The number of rotatable bonds is 6. The van der Waals surface area contributed by atoms with Crippen LogP contribution in [0.4, 0.5) is 0 Å². The number of hydrogen-bond donors (Lipinski definition) is 0. The van der Waals surface area contributed by atoms with Crippen molar-refractivity contribution in [3.63, 3.8) is 0 Å². The van der Waals surface area contributed by atoms with Gasteiger partial charge in [-0.05, 0) is 40.0 Å². The van der Waals surface area contributed by atoms with Crippen molar-refractivity contribution >= 4 is 23.2 Å². The zero-order chi connectivity index (χ0) is 19.6. The second-order valence-electron chi connectivity index (χ2n) is 7.13. The molecule has 1 fully saturated rings. The predicted molar refractivity (Wildman–Crippen MR) is 107 cm³/mol. The highest BCUT2D eigenvalue weighted by molar-refractivity contribution is 7.12. The third kappa shape index (κ3) is 4.21. The predicted octanol–water partition coefficient (Wildman–Crippen LogP) is 3.91. The quantitative estimate of drug-likeness (QED) is 0.706. The first-order valence-electron chi connectivity index (χ1n) is 9.33. The number of hydrogen-bond acceptors (Lipinski definition) is 5. The molecule has 0 saturated heterocycles. The van der Waals surface area contributed by atoms with Crippen LogP contribution < -0.4 is 0 Å². The molecular formula is C21H26N2O3S. The van der Waals surface area contributed by atoms with E-state index in [1.165, 1.54) is 12.7 Å². The second-order valence-corrected chi connectivity index (χ2v) is 8.42. The van der Waals surface area contributed by atoms with E-state index in [0.717, 1.165) is 40.4 Å². The molecule has 1 aromatic heterocycles. The van der Waals surface area contributed by atoms with Crippen molar-refractivity contribution in [2.45, 2.75) is 58.5 Å². The van der Waals surface area contributed by atoms with Crippen LogP contribution in [-0.4, -0.2) is 41.0 Å². The van der Waals surface area contributed by atoms with Gasteiger partial charge in [0.05, 0.1) is 24.2 Å². The van der Waals surface area contributed by atoms with Crippen molar-refractivity contribution in [1.29, 1.82) is 0 Å². The van der Waals surface area contributed by atoms with Gasteiger partial charge < -0.3 is 9.64 Å². The Kier molecular flexibility index (Phi) is 5.95. The minimum Gasteiger partial charge on any atom is -0.467 e. The molecule has 0 bridgehead atoms. The molecule has 1 saturated carbocycles. The Bertz CT molecular complexity index is 824. The summed E-state index contributed by atoms with van der Waals surface area (Å²) in [7, 11) is 1.37. The minimum atomic E-state index is -0.565. The number of ether oxygens (including phenoxy) is 1. The molecule has 0 N–H and O–H groups in total. The SMILES string of the molecule is COC(=O)C(C)N(C(=O)Cc1sc(C)nc1-c1ccc(C)cc1)C1CCC1.